The summed E-state index contributed by atoms with van der Waals surface area (Å²) >= 11 is 0. The smallest absolute Gasteiger partial charge is 0.254 e. The SMILES string of the molecule is Cc1cnccc1C(=O)N(C)Cc1cc2ccccc2[nH]1. The van der Waals surface area contributed by atoms with Gasteiger partial charge in [-0.2, -0.15) is 0 Å². The van der Waals surface area contributed by atoms with Crippen LogP contribution in [0, 0.1) is 6.92 Å². The van der Waals surface area contributed by atoms with E-state index in [4.69, 9.17) is 0 Å². The lowest BCUT2D eigenvalue weighted by Gasteiger charge is -2.17. The Morgan fingerprint density at radius 2 is 2.10 bits per heavy atom. The number of carbonyl (C=O) groups is 1. The molecule has 4 nitrogen and oxygen atoms in total. The first-order valence-corrected chi connectivity index (χ1v) is 6.88. The maximum atomic E-state index is 12.5. The summed E-state index contributed by atoms with van der Waals surface area (Å²) in [5.41, 5.74) is 3.71. The van der Waals surface area contributed by atoms with Gasteiger partial charge >= 0.3 is 0 Å². The molecule has 4 heteroatoms. The van der Waals surface area contributed by atoms with Crippen LogP contribution in [0.4, 0.5) is 0 Å². The van der Waals surface area contributed by atoms with Gasteiger partial charge in [-0.05, 0) is 36.1 Å². The number of aromatic amines is 1. The van der Waals surface area contributed by atoms with E-state index in [2.05, 4.69) is 22.1 Å². The zero-order valence-electron chi connectivity index (χ0n) is 12.1. The van der Waals surface area contributed by atoms with Gasteiger partial charge in [0.2, 0.25) is 0 Å². The van der Waals surface area contributed by atoms with E-state index >= 15 is 0 Å². The monoisotopic (exact) mass is 279 g/mol. The third-order valence-electron chi connectivity index (χ3n) is 3.59. The van der Waals surface area contributed by atoms with Crippen LogP contribution < -0.4 is 0 Å². The molecule has 0 aliphatic heterocycles. The molecular weight excluding hydrogens is 262 g/mol. The number of pyridine rings is 1. The van der Waals surface area contributed by atoms with E-state index in [0.717, 1.165) is 22.2 Å². The van der Waals surface area contributed by atoms with Crippen LogP contribution >= 0.6 is 0 Å². The molecule has 3 aromatic rings. The van der Waals surface area contributed by atoms with Crippen LogP contribution in [0.15, 0.2) is 48.8 Å². The first-order valence-electron chi connectivity index (χ1n) is 6.88. The molecule has 1 aromatic carbocycles. The minimum atomic E-state index is 0.00792. The van der Waals surface area contributed by atoms with Crippen LogP contribution in [0.5, 0.6) is 0 Å². The van der Waals surface area contributed by atoms with Crippen molar-refractivity contribution in [1.29, 1.82) is 0 Å². The lowest BCUT2D eigenvalue weighted by Crippen LogP contribution is -2.27. The molecule has 1 N–H and O–H groups in total. The van der Waals surface area contributed by atoms with Crippen molar-refractivity contribution in [1.82, 2.24) is 14.9 Å². The number of rotatable bonds is 3. The van der Waals surface area contributed by atoms with Crippen LogP contribution in [0.3, 0.4) is 0 Å². The number of hydrogen-bond acceptors (Lipinski definition) is 2. The molecule has 0 saturated carbocycles. The number of aromatic nitrogens is 2. The second-order valence-corrected chi connectivity index (χ2v) is 5.23. The van der Waals surface area contributed by atoms with E-state index in [0.29, 0.717) is 12.1 Å². The third kappa shape index (κ3) is 2.65. The molecule has 0 spiro atoms. The highest BCUT2D eigenvalue weighted by Crippen LogP contribution is 2.17. The van der Waals surface area contributed by atoms with E-state index < -0.39 is 0 Å². The lowest BCUT2D eigenvalue weighted by molar-refractivity contribution is 0.0783. The van der Waals surface area contributed by atoms with Crippen LogP contribution in [-0.4, -0.2) is 27.8 Å². The van der Waals surface area contributed by atoms with Crippen molar-refractivity contribution in [3.8, 4) is 0 Å². The van der Waals surface area contributed by atoms with Crippen LogP contribution in [0.2, 0.25) is 0 Å². The van der Waals surface area contributed by atoms with Gasteiger partial charge < -0.3 is 9.88 Å². The quantitative estimate of drug-likeness (QED) is 0.800. The van der Waals surface area contributed by atoms with Crippen LogP contribution in [-0.2, 0) is 6.54 Å². The molecule has 0 aliphatic rings. The molecule has 21 heavy (non-hydrogen) atoms. The van der Waals surface area contributed by atoms with Gasteiger partial charge in [0.25, 0.3) is 5.91 Å². The molecule has 0 radical (unpaired) electrons. The summed E-state index contributed by atoms with van der Waals surface area (Å²) in [6, 6.07) is 11.9. The zero-order chi connectivity index (χ0) is 14.8. The Balaban J connectivity index is 1.81. The van der Waals surface area contributed by atoms with E-state index in [1.807, 2.05) is 32.2 Å². The second kappa shape index (κ2) is 5.40. The predicted octanol–water partition coefficient (Wildman–Crippen LogP) is 3.14. The Bertz CT molecular complexity index is 758. The van der Waals surface area contributed by atoms with Gasteiger partial charge in [-0.15, -0.1) is 0 Å². The van der Waals surface area contributed by atoms with Gasteiger partial charge in [-0.3, -0.25) is 9.78 Å². The van der Waals surface area contributed by atoms with Gasteiger partial charge in [0.05, 0.1) is 6.54 Å². The number of carbonyl (C=O) groups excluding carboxylic acids is 1. The molecule has 2 aromatic heterocycles. The molecule has 0 unspecified atom stereocenters. The third-order valence-corrected chi connectivity index (χ3v) is 3.59. The maximum absolute atomic E-state index is 12.5. The summed E-state index contributed by atoms with van der Waals surface area (Å²) in [6.07, 6.45) is 3.36. The number of aryl methyl sites for hydroxylation is 1. The van der Waals surface area contributed by atoms with E-state index in [1.165, 1.54) is 0 Å². The Kier molecular flexibility index (Phi) is 3.44. The Morgan fingerprint density at radius 3 is 2.86 bits per heavy atom. The van der Waals surface area contributed by atoms with E-state index in [9.17, 15) is 4.79 Å². The number of fused-ring (bicyclic) bond motifs is 1. The largest absolute Gasteiger partial charge is 0.357 e. The number of para-hydroxylation sites is 1. The second-order valence-electron chi connectivity index (χ2n) is 5.23. The van der Waals surface area contributed by atoms with Crippen molar-refractivity contribution in [2.75, 3.05) is 7.05 Å². The summed E-state index contributed by atoms with van der Waals surface area (Å²) in [7, 11) is 1.81. The number of amides is 1. The Morgan fingerprint density at radius 1 is 1.29 bits per heavy atom. The first-order chi connectivity index (χ1) is 10.1. The fourth-order valence-corrected chi connectivity index (χ4v) is 2.46. The maximum Gasteiger partial charge on any atom is 0.254 e. The molecule has 0 bridgehead atoms. The molecule has 0 aliphatic carbocycles. The summed E-state index contributed by atoms with van der Waals surface area (Å²) in [5, 5.41) is 1.16. The topological polar surface area (TPSA) is 49.0 Å². The average molecular weight is 279 g/mol. The molecule has 0 saturated heterocycles. The number of hydrogen-bond donors (Lipinski definition) is 1. The Labute approximate surface area is 123 Å². The minimum absolute atomic E-state index is 0.00792. The highest BCUT2D eigenvalue weighted by atomic mass is 16.2. The van der Waals surface area contributed by atoms with Crippen LogP contribution in [0.1, 0.15) is 21.6 Å². The van der Waals surface area contributed by atoms with E-state index in [-0.39, 0.29) is 5.91 Å². The van der Waals surface area contributed by atoms with Gasteiger partial charge in [-0.25, -0.2) is 0 Å². The van der Waals surface area contributed by atoms with Crippen molar-refractivity contribution >= 4 is 16.8 Å². The minimum Gasteiger partial charge on any atom is -0.357 e. The summed E-state index contributed by atoms with van der Waals surface area (Å²) in [4.78, 5) is 21.5. The molecule has 0 fully saturated rings. The van der Waals surface area contributed by atoms with Crippen molar-refractivity contribution in [3.63, 3.8) is 0 Å². The van der Waals surface area contributed by atoms with E-state index in [1.54, 1.807) is 23.4 Å². The average Bonchev–Trinajstić information content (AvgIpc) is 2.89. The fraction of sp³-hybridized carbons (Fsp3) is 0.176. The van der Waals surface area contributed by atoms with Crippen LogP contribution in [0.25, 0.3) is 10.9 Å². The van der Waals surface area contributed by atoms with Crippen molar-refractivity contribution in [3.05, 3.63) is 65.6 Å². The summed E-state index contributed by atoms with van der Waals surface area (Å²) < 4.78 is 0. The number of H-pyrrole nitrogens is 1. The standard InChI is InChI=1S/C17H17N3O/c1-12-10-18-8-7-15(12)17(21)20(2)11-14-9-13-5-3-4-6-16(13)19-14/h3-10,19H,11H2,1-2H3. The first kappa shape index (κ1) is 13.4. The van der Waals surface area contributed by atoms with Crippen molar-refractivity contribution in [2.45, 2.75) is 13.5 Å². The fourth-order valence-electron chi connectivity index (χ4n) is 2.46. The van der Waals surface area contributed by atoms with Gasteiger partial charge in [0.15, 0.2) is 0 Å². The normalized spacial score (nSPS) is 10.8. The molecule has 106 valence electrons. The molecule has 3 rings (SSSR count). The molecule has 2 heterocycles. The molecule has 0 atom stereocenters. The Hall–Kier alpha value is -2.62. The number of nitrogens with zero attached hydrogens (tertiary/aromatic N) is 2. The van der Waals surface area contributed by atoms with Crippen molar-refractivity contribution in [2.24, 2.45) is 0 Å². The molecular formula is C17H17N3O. The number of nitrogens with one attached hydrogen (secondary N) is 1. The van der Waals surface area contributed by atoms with Crippen molar-refractivity contribution < 1.29 is 4.79 Å². The summed E-state index contributed by atoms with van der Waals surface area (Å²) in [6.45, 7) is 2.45. The highest BCUT2D eigenvalue weighted by molar-refractivity contribution is 5.95. The lowest BCUT2D eigenvalue weighted by atomic mass is 10.1. The predicted molar refractivity (Wildman–Crippen MR) is 83.1 cm³/mol. The zero-order valence-corrected chi connectivity index (χ0v) is 12.1. The highest BCUT2D eigenvalue weighted by Gasteiger charge is 2.14. The number of benzene rings is 1. The summed E-state index contributed by atoms with van der Waals surface area (Å²) in [5.74, 6) is 0.00792. The van der Waals surface area contributed by atoms with Gasteiger partial charge in [0.1, 0.15) is 0 Å². The molecule has 1 amide bonds. The van der Waals surface area contributed by atoms with Gasteiger partial charge in [-0.1, -0.05) is 18.2 Å². The van der Waals surface area contributed by atoms with Gasteiger partial charge in [0, 0.05) is 36.2 Å².